The Balaban J connectivity index is 2.42. The quantitative estimate of drug-likeness (QED) is 0.228. The van der Waals surface area contributed by atoms with Crippen LogP contribution >= 0.6 is 0 Å². The number of benzene rings is 1. The van der Waals surface area contributed by atoms with Crippen LogP contribution in [0.1, 0.15) is 20.8 Å². The van der Waals surface area contributed by atoms with Gasteiger partial charge in [0.05, 0.1) is 15.9 Å². The fourth-order valence-electron chi connectivity index (χ4n) is 2.94. The Morgan fingerprint density at radius 3 is 2.12 bits per heavy atom. The highest BCUT2D eigenvalue weighted by Gasteiger charge is 2.52. The molecule has 15 heteroatoms. The first-order valence-corrected chi connectivity index (χ1v) is 9.27. The van der Waals surface area contributed by atoms with E-state index in [1.165, 1.54) is 0 Å². The number of nitrogens with zero attached hydrogens (tertiary/aromatic N) is 2. The Morgan fingerprint density at radius 1 is 1.00 bits per heavy atom. The lowest BCUT2D eigenvalue weighted by molar-refractivity contribution is -0.395. The van der Waals surface area contributed by atoms with E-state index in [0.29, 0.717) is 6.07 Å². The third kappa shape index (κ3) is 6.55. The first kappa shape index (κ1) is 25.4. The smallest absolute Gasteiger partial charge is 0.317 e. The Hall–Kier alpha value is -3.88. The van der Waals surface area contributed by atoms with Gasteiger partial charge < -0.3 is 23.7 Å². The van der Waals surface area contributed by atoms with Crippen LogP contribution in [0.3, 0.4) is 0 Å². The minimum absolute atomic E-state index is 0.569. The van der Waals surface area contributed by atoms with Crippen LogP contribution in [0.5, 0.6) is 5.75 Å². The lowest BCUT2D eigenvalue weighted by Gasteiger charge is -2.41. The van der Waals surface area contributed by atoms with Gasteiger partial charge in [-0.1, -0.05) is 0 Å². The summed E-state index contributed by atoms with van der Waals surface area (Å²) in [6.45, 7) is 2.47. The van der Waals surface area contributed by atoms with E-state index in [0.717, 1.165) is 32.9 Å². The minimum Gasteiger partial charge on any atom is -0.463 e. The maximum Gasteiger partial charge on any atom is 0.317 e. The van der Waals surface area contributed by atoms with Crippen LogP contribution in [0, 0.1) is 20.2 Å². The summed E-state index contributed by atoms with van der Waals surface area (Å²) in [4.78, 5) is 54.6. The molecule has 5 atom stereocenters. The van der Waals surface area contributed by atoms with Crippen molar-refractivity contribution in [1.82, 2.24) is 0 Å². The van der Waals surface area contributed by atoms with Crippen LogP contribution in [0.4, 0.5) is 15.8 Å². The van der Waals surface area contributed by atoms with Gasteiger partial charge in [0, 0.05) is 26.8 Å². The second-order valence-corrected chi connectivity index (χ2v) is 6.72. The van der Waals surface area contributed by atoms with Crippen molar-refractivity contribution >= 4 is 29.3 Å². The molecule has 1 saturated heterocycles. The zero-order chi connectivity index (χ0) is 24.9. The number of halogens is 1. The molecule has 1 aliphatic heterocycles. The van der Waals surface area contributed by atoms with Crippen molar-refractivity contribution in [2.75, 3.05) is 6.61 Å². The number of hydrogen-bond donors (Lipinski definition) is 0. The Labute approximate surface area is 184 Å². The molecule has 2 rings (SSSR count). The van der Waals surface area contributed by atoms with Gasteiger partial charge in [-0.2, -0.15) is 0 Å². The van der Waals surface area contributed by atoms with Gasteiger partial charge >= 0.3 is 23.6 Å². The largest absolute Gasteiger partial charge is 0.463 e. The van der Waals surface area contributed by atoms with Crippen molar-refractivity contribution in [1.29, 1.82) is 0 Å². The summed E-state index contributed by atoms with van der Waals surface area (Å²) in [5, 5.41) is 22.2. The van der Waals surface area contributed by atoms with Crippen molar-refractivity contribution in [2.45, 2.75) is 51.5 Å². The van der Waals surface area contributed by atoms with Crippen LogP contribution in [-0.2, 0) is 33.3 Å². The van der Waals surface area contributed by atoms with Crippen LogP contribution in [0.25, 0.3) is 0 Å². The Morgan fingerprint density at radius 2 is 1.61 bits per heavy atom. The highest BCUT2D eigenvalue weighted by Crippen LogP contribution is 2.35. The number of ether oxygens (including phenoxy) is 5. The van der Waals surface area contributed by atoms with Crippen LogP contribution < -0.4 is 4.74 Å². The van der Waals surface area contributed by atoms with E-state index in [-0.39, 0.29) is 0 Å². The molecule has 0 bridgehead atoms. The van der Waals surface area contributed by atoms with E-state index in [2.05, 4.69) is 0 Å². The molecule has 1 aromatic carbocycles. The summed E-state index contributed by atoms with van der Waals surface area (Å²) in [6, 6.07) is 2.36. The first-order valence-electron chi connectivity index (χ1n) is 9.27. The minimum atomic E-state index is -2.33. The molecule has 14 nitrogen and oxygen atoms in total. The van der Waals surface area contributed by atoms with Gasteiger partial charge in [-0.3, -0.25) is 34.6 Å². The lowest BCUT2D eigenvalue weighted by atomic mass is 9.99. The number of non-ortho nitro benzene ring substituents is 1. The second-order valence-electron chi connectivity index (χ2n) is 6.72. The number of alkyl halides is 1. The first-order chi connectivity index (χ1) is 15.4. The molecule has 1 fully saturated rings. The molecule has 33 heavy (non-hydrogen) atoms. The average molecular weight is 474 g/mol. The third-order valence-corrected chi connectivity index (χ3v) is 4.22. The number of nitro benzene ring substituents is 2. The van der Waals surface area contributed by atoms with E-state index >= 15 is 4.39 Å². The molecular formula is C18H19FN2O12. The second kappa shape index (κ2) is 10.6. The summed E-state index contributed by atoms with van der Waals surface area (Å²) >= 11 is 0. The number of hydrogen-bond acceptors (Lipinski definition) is 12. The van der Waals surface area contributed by atoms with Gasteiger partial charge in [-0.05, 0) is 6.07 Å². The maximum atomic E-state index is 15.3. The fraction of sp³-hybridized carbons (Fsp3) is 0.500. The molecule has 0 aliphatic carbocycles. The van der Waals surface area contributed by atoms with E-state index in [9.17, 15) is 34.6 Å². The highest BCUT2D eigenvalue weighted by molar-refractivity contribution is 5.68. The molecule has 0 radical (unpaired) electrons. The predicted octanol–water partition coefficient (Wildman–Crippen LogP) is 1.37. The van der Waals surface area contributed by atoms with Crippen LogP contribution in [0.2, 0.25) is 0 Å². The van der Waals surface area contributed by atoms with E-state index in [4.69, 9.17) is 23.7 Å². The van der Waals surface area contributed by atoms with Crippen molar-refractivity contribution in [2.24, 2.45) is 0 Å². The standard InChI is InChI=1S/C18H19FN2O12/c1-8(22)29-7-14-16(30-9(2)23)17(31-10(3)24)15(19)18(33-14)32-13-5-4-11(20(25)26)6-12(13)21(27)28/h4-6,14-18H,7H2,1-3H3/t14-,15-,16-,17-,18-/m1/s1. The van der Waals surface area contributed by atoms with Gasteiger partial charge in [0.25, 0.3) is 5.69 Å². The lowest BCUT2D eigenvalue weighted by Crippen LogP contribution is -2.61. The van der Waals surface area contributed by atoms with E-state index in [1.807, 2.05) is 0 Å². The molecule has 0 saturated carbocycles. The van der Waals surface area contributed by atoms with Crippen LogP contribution in [0.15, 0.2) is 18.2 Å². The topological polar surface area (TPSA) is 184 Å². The van der Waals surface area contributed by atoms with Crippen molar-refractivity contribution < 1.29 is 52.3 Å². The number of esters is 3. The maximum absolute atomic E-state index is 15.3. The predicted molar refractivity (Wildman–Crippen MR) is 102 cm³/mol. The average Bonchev–Trinajstić information content (AvgIpc) is 2.70. The molecule has 0 N–H and O–H groups in total. The number of rotatable bonds is 8. The molecule has 0 aromatic heterocycles. The highest BCUT2D eigenvalue weighted by atomic mass is 19.1. The normalized spacial score (nSPS) is 24.3. The Bertz CT molecular complexity index is 954. The number of carbonyl (C=O) groups is 3. The number of nitro groups is 2. The summed E-state index contributed by atoms with van der Waals surface area (Å²) < 4.78 is 40.7. The van der Waals surface area contributed by atoms with Crippen molar-refractivity contribution in [3.63, 3.8) is 0 Å². The molecule has 0 unspecified atom stereocenters. The molecular weight excluding hydrogens is 455 g/mol. The monoisotopic (exact) mass is 474 g/mol. The molecule has 1 heterocycles. The van der Waals surface area contributed by atoms with E-state index < -0.39 is 82.3 Å². The van der Waals surface area contributed by atoms with Gasteiger partial charge in [0.15, 0.2) is 12.2 Å². The van der Waals surface area contributed by atoms with Gasteiger partial charge in [-0.15, -0.1) is 0 Å². The Kier molecular flexibility index (Phi) is 8.17. The molecule has 1 aromatic rings. The van der Waals surface area contributed by atoms with E-state index in [1.54, 1.807) is 0 Å². The number of carbonyl (C=O) groups excluding carboxylic acids is 3. The fourth-order valence-corrected chi connectivity index (χ4v) is 2.94. The van der Waals surface area contributed by atoms with Crippen molar-refractivity contribution in [3.8, 4) is 5.75 Å². The molecule has 0 amide bonds. The SMILES string of the molecule is CC(=O)OC[C@H]1O[C@@H](Oc2ccc([N+](=O)[O-])cc2[N+](=O)[O-])[C@H](F)[C@@H](OC(C)=O)[C@@H]1OC(C)=O. The van der Waals surface area contributed by atoms with Gasteiger partial charge in [0.2, 0.25) is 18.2 Å². The molecule has 0 spiro atoms. The summed E-state index contributed by atoms with van der Waals surface area (Å²) in [7, 11) is 0. The van der Waals surface area contributed by atoms with Gasteiger partial charge in [-0.25, -0.2) is 4.39 Å². The zero-order valence-corrected chi connectivity index (χ0v) is 17.5. The molecule has 1 aliphatic rings. The van der Waals surface area contributed by atoms with Gasteiger partial charge in [0.1, 0.15) is 12.7 Å². The summed E-state index contributed by atoms with van der Waals surface area (Å²) in [5.74, 6) is -3.17. The zero-order valence-electron chi connectivity index (χ0n) is 17.5. The summed E-state index contributed by atoms with van der Waals surface area (Å²) in [6.07, 6.45) is -9.03. The third-order valence-electron chi connectivity index (χ3n) is 4.22. The van der Waals surface area contributed by atoms with Crippen LogP contribution in [-0.4, -0.2) is 65.1 Å². The molecule has 180 valence electrons. The van der Waals surface area contributed by atoms with Crippen molar-refractivity contribution in [3.05, 3.63) is 38.4 Å². The summed E-state index contributed by atoms with van der Waals surface area (Å²) in [5.41, 5.74) is -1.47.